The van der Waals surface area contributed by atoms with E-state index < -0.39 is 0 Å². The van der Waals surface area contributed by atoms with Crippen molar-refractivity contribution in [2.45, 2.75) is 64.3 Å². The number of hydrogen-bond acceptors (Lipinski definition) is 2. The van der Waals surface area contributed by atoms with Crippen molar-refractivity contribution in [3.63, 3.8) is 0 Å². The van der Waals surface area contributed by atoms with E-state index in [0.29, 0.717) is 18.5 Å². The summed E-state index contributed by atoms with van der Waals surface area (Å²) in [4.78, 5) is 15.2. The highest BCUT2D eigenvalue weighted by Crippen LogP contribution is 2.45. The van der Waals surface area contributed by atoms with E-state index in [1.54, 1.807) is 0 Å². The lowest BCUT2D eigenvalue weighted by molar-refractivity contribution is -0.154. The minimum absolute atomic E-state index is 0.178. The molecule has 1 amide bonds. The molecule has 2 saturated carbocycles. The standard InChI is InChI=1S/C16H28N2O/c1-12-7-10-18(14-6-3-2-5-13(12)14)15(19)16(11-17)8-4-9-16/h12-14H,2-11,17H2,1H3. The first-order valence-corrected chi connectivity index (χ1v) is 8.19. The van der Waals surface area contributed by atoms with Gasteiger partial charge in [0.2, 0.25) is 5.91 Å². The van der Waals surface area contributed by atoms with Gasteiger partial charge in [-0.2, -0.15) is 0 Å². The Balaban J connectivity index is 1.77. The molecule has 1 saturated heterocycles. The SMILES string of the molecule is CC1CCN(C(=O)C2(CN)CCC2)C2CCCCC12. The molecule has 1 aliphatic heterocycles. The number of carbonyl (C=O) groups excluding carboxylic acids is 1. The molecule has 3 unspecified atom stereocenters. The fourth-order valence-electron chi connectivity index (χ4n) is 4.58. The summed E-state index contributed by atoms with van der Waals surface area (Å²) in [6.45, 7) is 3.91. The molecule has 0 aromatic heterocycles. The van der Waals surface area contributed by atoms with Crippen molar-refractivity contribution in [2.75, 3.05) is 13.1 Å². The summed E-state index contributed by atoms with van der Waals surface area (Å²) in [6, 6.07) is 0.522. The van der Waals surface area contributed by atoms with E-state index in [4.69, 9.17) is 5.73 Å². The largest absolute Gasteiger partial charge is 0.339 e. The lowest BCUT2D eigenvalue weighted by atomic mass is 9.66. The Labute approximate surface area is 116 Å². The van der Waals surface area contributed by atoms with E-state index in [0.717, 1.165) is 31.2 Å². The lowest BCUT2D eigenvalue weighted by Gasteiger charge is -2.51. The molecule has 0 spiro atoms. The van der Waals surface area contributed by atoms with Crippen molar-refractivity contribution in [2.24, 2.45) is 23.0 Å². The third-order valence-electron chi connectivity index (χ3n) is 6.15. The predicted octanol–water partition coefficient (Wildman–Crippen LogP) is 2.54. The molecule has 0 radical (unpaired) electrons. The van der Waals surface area contributed by atoms with Gasteiger partial charge in [-0.3, -0.25) is 4.79 Å². The van der Waals surface area contributed by atoms with Gasteiger partial charge in [-0.05, 0) is 43.9 Å². The van der Waals surface area contributed by atoms with Crippen LogP contribution in [0.25, 0.3) is 0 Å². The predicted molar refractivity (Wildman–Crippen MR) is 76.6 cm³/mol. The van der Waals surface area contributed by atoms with Crippen LogP contribution in [0, 0.1) is 17.3 Å². The van der Waals surface area contributed by atoms with Crippen LogP contribution in [0.15, 0.2) is 0 Å². The first-order chi connectivity index (χ1) is 9.18. The number of likely N-dealkylation sites (tertiary alicyclic amines) is 1. The number of rotatable bonds is 2. The van der Waals surface area contributed by atoms with E-state index >= 15 is 0 Å². The Morgan fingerprint density at radius 1 is 1.21 bits per heavy atom. The molecule has 0 aromatic carbocycles. The fraction of sp³-hybridized carbons (Fsp3) is 0.938. The van der Waals surface area contributed by atoms with E-state index in [-0.39, 0.29) is 5.41 Å². The van der Waals surface area contributed by atoms with Crippen molar-refractivity contribution >= 4 is 5.91 Å². The first kappa shape index (κ1) is 13.4. The Hall–Kier alpha value is -0.570. The number of hydrogen-bond donors (Lipinski definition) is 1. The molecule has 3 fully saturated rings. The monoisotopic (exact) mass is 264 g/mol. The van der Waals surface area contributed by atoms with Crippen LogP contribution in [-0.4, -0.2) is 29.9 Å². The Morgan fingerprint density at radius 3 is 2.58 bits per heavy atom. The van der Waals surface area contributed by atoms with Crippen molar-refractivity contribution in [3.8, 4) is 0 Å². The van der Waals surface area contributed by atoms with Gasteiger partial charge in [-0.25, -0.2) is 0 Å². The second-order valence-electron chi connectivity index (χ2n) is 7.12. The van der Waals surface area contributed by atoms with Gasteiger partial charge in [0, 0.05) is 19.1 Å². The molecule has 3 atom stereocenters. The quantitative estimate of drug-likeness (QED) is 0.833. The molecule has 3 rings (SSSR count). The van der Waals surface area contributed by atoms with Gasteiger partial charge in [-0.15, -0.1) is 0 Å². The van der Waals surface area contributed by atoms with E-state index in [1.807, 2.05) is 0 Å². The van der Waals surface area contributed by atoms with Gasteiger partial charge in [-0.1, -0.05) is 26.2 Å². The van der Waals surface area contributed by atoms with Gasteiger partial charge in [0.05, 0.1) is 5.41 Å². The average Bonchev–Trinajstić information content (AvgIpc) is 2.39. The third kappa shape index (κ3) is 2.10. The molecule has 0 bridgehead atoms. The van der Waals surface area contributed by atoms with Gasteiger partial charge >= 0.3 is 0 Å². The minimum Gasteiger partial charge on any atom is -0.339 e. The van der Waals surface area contributed by atoms with Crippen LogP contribution in [-0.2, 0) is 4.79 Å². The highest BCUT2D eigenvalue weighted by molar-refractivity contribution is 5.84. The highest BCUT2D eigenvalue weighted by atomic mass is 16.2. The van der Waals surface area contributed by atoms with Crippen LogP contribution >= 0.6 is 0 Å². The van der Waals surface area contributed by atoms with E-state index in [9.17, 15) is 4.79 Å². The molecular formula is C16H28N2O. The van der Waals surface area contributed by atoms with Crippen LogP contribution in [0.5, 0.6) is 0 Å². The summed E-state index contributed by atoms with van der Waals surface area (Å²) in [7, 11) is 0. The molecule has 2 aliphatic carbocycles. The van der Waals surface area contributed by atoms with Gasteiger partial charge < -0.3 is 10.6 Å². The van der Waals surface area contributed by atoms with Gasteiger partial charge in [0.1, 0.15) is 0 Å². The molecule has 108 valence electrons. The Bertz CT molecular complexity index is 345. The van der Waals surface area contributed by atoms with Crippen LogP contribution in [0.2, 0.25) is 0 Å². The number of nitrogens with zero attached hydrogens (tertiary/aromatic N) is 1. The smallest absolute Gasteiger partial charge is 0.230 e. The lowest BCUT2D eigenvalue weighted by Crippen LogP contribution is -2.59. The van der Waals surface area contributed by atoms with E-state index in [2.05, 4.69) is 11.8 Å². The second kappa shape index (κ2) is 5.08. The number of piperidine rings is 1. The molecule has 1 heterocycles. The van der Waals surface area contributed by atoms with Gasteiger partial charge in [0.25, 0.3) is 0 Å². The summed E-state index contributed by atoms with van der Waals surface area (Å²) in [6.07, 6.45) is 9.61. The minimum atomic E-state index is -0.178. The summed E-state index contributed by atoms with van der Waals surface area (Å²) in [5.41, 5.74) is 5.75. The maximum Gasteiger partial charge on any atom is 0.230 e. The van der Waals surface area contributed by atoms with E-state index in [1.165, 1.54) is 38.5 Å². The fourth-order valence-corrected chi connectivity index (χ4v) is 4.58. The van der Waals surface area contributed by atoms with Crippen LogP contribution < -0.4 is 5.73 Å². The van der Waals surface area contributed by atoms with Crippen LogP contribution in [0.4, 0.5) is 0 Å². The summed E-state index contributed by atoms with van der Waals surface area (Å²) in [5.74, 6) is 1.94. The maximum absolute atomic E-state index is 12.9. The summed E-state index contributed by atoms with van der Waals surface area (Å²) >= 11 is 0. The van der Waals surface area contributed by atoms with Crippen LogP contribution in [0.3, 0.4) is 0 Å². The van der Waals surface area contributed by atoms with Crippen molar-refractivity contribution in [3.05, 3.63) is 0 Å². The number of fused-ring (bicyclic) bond motifs is 1. The zero-order valence-corrected chi connectivity index (χ0v) is 12.2. The third-order valence-corrected chi connectivity index (χ3v) is 6.15. The molecule has 19 heavy (non-hydrogen) atoms. The van der Waals surface area contributed by atoms with Crippen molar-refractivity contribution in [1.29, 1.82) is 0 Å². The molecule has 3 aliphatic rings. The zero-order valence-electron chi connectivity index (χ0n) is 12.2. The summed E-state index contributed by atoms with van der Waals surface area (Å²) in [5, 5.41) is 0. The number of amides is 1. The van der Waals surface area contributed by atoms with Crippen molar-refractivity contribution < 1.29 is 4.79 Å². The number of carbonyl (C=O) groups is 1. The highest BCUT2D eigenvalue weighted by Gasteiger charge is 2.49. The molecule has 0 aromatic rings. The Morgan fingerprint density at radius 2 is 1.95 bits per heavy atom. The molecule has 2 N–H and O–H groups in total. The number of nitrogens with two attached hydrogens (primary N) is 1. The molecule has 3 nitrogen and oxygen atoms in total. The Kier molecular flexibility index (Phi) is 3.59. The van der Waals surface area contributed by atoms with Crippen molar-refractivity contribution in [1.82, 2.24) is 4.90 Å². The first-order valence-electron chi connectivity index (χ1n) is 8.19. The topological polar surface area (TPSA) is 46.3 Å². The zero-order chi connectivity index (χ0) is 13.5. The average molecular weight is 264 g/mol. The maximum atomic E-state index is 12.9. The summed E-state index contributed by atoms with van der Waals surface area (Å²) < 4.78 is 0. The second-order valence-corrected chi connectivity index (χ2v) is 7.12. The molecular weight excluding hydrogens is 236 g/mol. The normalized spacial score (nSPS) is 37.4. The van der Waals surface area contributed by atoms with Crippen LogP contribution in [0.1, 0.15) is 58.3 Å². The van der Waals surface area contributed by atoms with Gasteiger partial charge in [0.15, 0.2) is 0 Å². The molecule has 3 heteroatoms.